The molecule has 0 aromatic rings. The van der Waals surface area contributed by atoms with Crippen LogP contribution < -0.4 is 5.32 Å². The molecule has 3 unspecified atom stereocenters. The van der Waals surface area contributed by atoms with Crippen LogP contribution in [-0.2, 0) is 4.79 Å². The van der Waals surface area contributed by atoms with Gasteiger partial charge in [0.1, 0.15) is 6.10 Å². The Bertz CT molecular complexity index is 621. The molecule has 3 atom stereocenters. The zero-order valence-corrected chi connectivity index (χ0v) is 27.9. The lowest BCUT2D eigenvalue weighted by Crippen LogP contribution is -2.48. The third kappa shape index (κ3) is 27.7. The Morgan fingerprint density at radius 3 is 1.45 bits per heavy atom. The van der Waals surface area contributed by atoms with Crippen molar-refractivity contribution in [3.05, 3.63) is 24.3 Å². The highest BCUT2D eigenvalue weighted by atomic mass is 16.3. The Morgan fingerprint density at radius 2 is 0.976 bits per heavy atom. The van der Waals surface area contributed by atoms with Crippen LogP contribution in [0, 0.1) is 0 Å². The Morgan fingerprint density at radius 1 is 0.571 bits per heavy atom. The van der Waals surface area contributed by atoms with Crippen LogP contribution in [0.3, 0.4) is 0 Å². The van der Waals surface area contributed by atoms with Gasteiger partial charge in [0.05, 0.1) is 18.8 Å². The first-order valence-corrected chi connectivity index (χ1v) is 18.2. The predicted octanol–water partition coefficient (Wildman–Crippen LogP) is 9.48. The molecule has 0 aromatic heterocycles. The van der Waals surface area contributed by atoms with Crippen LogP contribution in [0.15, 0.2) is 24.3 Å². The summed E-state index contributed by atoms with van der Waals surface area (Å²) in [5.41, 5.74) is 0. The quantitative estimate of drug-likeness (QED) is 0.0462. The lowest BCUT2D eigenvalue weighted by Gasteiger charge is -2.21. The summed E-state index contributed by atoms with van der Waals surface area (Å²) in [5, 5.41) is 32.8. The number of rotatable bonds is 32. The van der Waals surface area contributed by atoms with Gasteiger partial charge in [-0.05, 0) is 32.1 Å². The summed E-state index contributed by atoms with van der Waals surface area (Å²) in [4.78, 5) is 12.3. The molecule has 4 N–H and O–H groups in total. The largest absolute Gasteiger partial charge is 0.394 e. The Kier molecular flexibility index (Phi) is 31.8. The molecule has 0 spiro atoms. The number of carbonyl (C=O) groups excluding carboxylic acids is 1. The number of hydrogen-bond donors (Lipinski definition) is 4. The van der Waals surface area contributed by atoms with Crippen molar-refractivity contribution >= 4 is 5.91 Å². The molecule has 0 aliphatic rings. The number of aliphatic hydroxyl groups excluding tert-OH is 3. The molecule has 0 saturated heterocycles. The lowest BCUT2D eigenvalue weighted by atomic mass is 10.0. The lowest BCUT2D eigenvalue weighted by molar-refractivity contribution is -0.131. The maximum atomic E-state index is 12.3. The summed E-state index contributed by atoms with van der Waals surface area (Å²) in [6, 6.07) is -0.808. The number of amides is 1. The Hall–Kier alpha value is -1.17. The van der Waals surface area contributed by atoms with Gasteiger partial charge in [-0.2, -0.15) is 0 Å². The summed E-state index contributed by atoms with van der Waals surface area (Å²) in [7, 11) is 0. The number of nitrogens with one attached hydrogen (secondary N) is 1. The van der Waals surface area contributed by atoms with E-state index in [-0.39, 0.29) is 6.61 Å². The molecule has 42 heavy (non-hydrogen) atoms. The van der Waals surface area contributed by atoms with Crippen molar-refractivity contribution in [2.75, 3.05) is 6.61 Å². The minimum Gasteiger partial charge on any atom is -0.394 e. The average molecular weight is 594 g/mol. The zero-order valence-electron chi connectivity index (χ0n) is 27.9. The monoisotopic (exact) mass is 594 g/mol. The van der Waals surface area contributed by atoms with Gasteiger partial charge in [-0.3, -0.25) is 4.79 Å². The smallest absolute Gasteiger partial charge is 0.249 e. The molecular formula is C37H71NO4. The highest BCUT2D eigenvalue weighted by molar-refractivity contribution is 5.80. The maximum Gasteiger partial charge on any atom is 0.249 e. The topological polar surface area (TPSA) is 89.8 Å². The predicted molar refractivity (Wildman–Crippen MR) is 181 cm³/mol. The maximum absolute atomic E-state index is 12.3. The molecule has 0 heterocycles. The fraction of sp³-hybridized carbons (Fsp3) is 0.865. The Balaban J connectivity index is 3.74. The fourth-order valence-corrected chi connectivity index (χ4v) is 5.38. The summed E-state index contributed by atoms with van der Waals surface area (Å²) in [6.07, 6.45) is 37.8. The van der Waals surface area contributed by atoms with Crippen LogP contribution in [-0.4, -0.2) is 46.1 Å². The summed E-state index contributed by atoms with van der Waals surface area (Å²) in [5.74, 6) is -0.518. The molecule has 0 aromatic carbocycles. The summed E-state index contributed by atoms with van der Waals surface area (Å²) in [6.45, 7) is 4.12. The van der Waals surface area contributed by atoms with E-state index in [1.54, 1.807) is 6.08 Å². The van der Waals surface area contributed by atoms with Crippen LogP contribution in [0.2, 0.25) is 0 Å². The van der Waals surface area contributed by atoms with Crippen LogP contribution in [0.4, 0.5) is 0 Å². The van der Waals surface area contributed by atoms with Crippen molar-refractivity contribution in [1.29, 1.82) is 0 Å². The van der Waals surface area contributed by atoms with Gasteiger partial charge in [-0.1, -0.05) is 173 Å². The van der Waals surface area contributed by atoms with Gasteiger partial charge in [0.25, 0.3) is 0 Å². The fourth-order valence-electron chi connectivity index (χ4n) is 5.38. The Labute approximate surface area is 261 Å². The van der Waals surface area contributed by atoms with E-state index < -0.39 is 24.2 Å². The number of allylic oxidation sites excluding steroid dienone is 3. The second-order valence-electron chi connectivity index (χ2n) is 12.4. The van der Waals surface area contributed by atoms with Crippen molar-refractivity contribution in [2.45, 2.75) is 199 Å². The second-order valence-corrected chi connectivity index (χ2v) is 12.4. The first-order chi connectivity index (χ1) is 20.6. The van der Waals surface area contributed by atoms with Gasteiger partial charge >= 0.3 is 0 Å². The third-order valence-corrected chi connectivity index (χ3v) is 8.29. The SMILES string of the molecule is CCCCCCCCCCCCCCCC/C=C/CC/C=C/C(O)C(CO)NC(=O)C(O)CCCCCCCCCC. The van der Waals surface area contributed by atoms with Crippen LogP contribution in [0.1, 0.15) is 181 Å². The molecular weight excluding hydrogens is 522 g/mol. The van der Waals surface area contributed by atoms with E-state index in [9.17, 15) is 20.1 Å². The van der Waals surface area contributed by atoms with Gasteiger partial charge in [0.2, 0.25) is 5.91 Å². The van der Waals surface area contributed by atoms with Crippen LogP contribution >= 0.6 is 0 Å². The van der Waals surface area contributed by atoms with E-state index in [0.29, 0.717) is 6.42 Å². The first kappa shape index (κ1) is 40.8. The normalized spacial score (nSPS) is 14.1. The summed E-state index contributed by atoms with van der Waals surface area (Å²) >= 11 is 0. The molecule has 5 heteroatoms. The van der Waals surface area contributed by atoms with Gasteiger partial charge in [-0.25, -0.2) is 0 Å². The number of hydrogen-bond acceptors (Lipinski definition) is 4. The molecule has 0 aliphatic heterocycles. The number of carbonyl (C=O) groups is 1. The average Bonchev–Trinajstić information content (AvgIpc) is 2.99. The van der Waals surface area contributed by atoms with Gasteiger partial charge in [0.15, 0.2) is 0 Å². The highest BCUT2D eigenvalue weighted by Gasteiger charge is 2.22. The van der Waals surface area contributed by atoms with Crippen molar-refractivity contribution in [1.82, 2.24) is 5.32 Å². The standard InChI is InChI=1S/C37H71NO4/c1-3-5-7-9-11-13-14-15-16-17-18-19-20-21-22-23-24-26-27-29-31-35(40)34(33-39)38-37(42)36(41)32-30-28-25-12-10-8-6-4-2/h23-24,29,31,34-36,39-41H,3-22,25-28,30,32-33H2,1-2H3,(H,38,42)/b24-23+,31-29+. The minimum absolute atomic E-state index is 0.374. The van der Waals surface area contributed by atoms with Gasteiger partial charge in [0, 0.05) is 0 Å². The van der Waals surface area contributed by atoms with Crippen LogP contribution in [0.25, 0.3) is 0 Å². The third-order valence-electron chi connectivity index (χ3n) is 8.29. The second kappa shape index (κ2) is 32.7. The van der Waals surface area contributed by atoms with E-state index in [1.165, 1.54) is 122 Å². The summed E-state index contributed by atoms with van der Waals surface area (Å²) < 4.78 is 0. The highest BCUT2D eigenvalue weighted by Crippen LogP contribution is 2.14. The molecule has 0 fully saturated rings. The molecule has 5 nitrogen and oxygen atoms in total. The van der Waals surface area contributed by atoms with Crippen molar-refractivity contribution in [3.63, 3.8) is 0 Å². The van der Waals surface area contributed by atoms with E-state index in [0.717, 1.165) is 38.5 Å². The van der Waals surface area contributed by atoms with Crippen LogP contribution in [0.5, 0.6) is 0 Å². The van der Waals surface area contributed by atoms with E-state index >= 15 is 0 Å². The van der Waals surface area contributed by atoms with Crippen molar-refractivity contribution in [3.8, 4) is 0 Å². The molecule has 0 rings (SSSR count). The minimum atomic E-state index is -1.10. The molecule has 0 aliphatic carbocycles. The van der Waals surface area contributed by atoms with E-state index in [4.69, 9.17) is 0 Å². The number of unbranched alkanes of at least 4 members (excludes halogenated alkanes) is 22. The first-order valence-electron chi connectivity index (χ1n) is 18.2. The molecule has 0 bridgehead atoms. The van der Waals surface area contributed by atoms with Crippen molar-refractivity contribution in [2.24, 2.45) is 0 Å². The molecule has 248 valence electrons. The van der Waals surface area contributed by atoms with Gasteiger partial charge in [-0.15, -0.1) is 0 Å². The van der Waals surface area contributed by atoms with E-state index in [2.05, 4.69) is 31.3 Å². The van der Waals surface area contributed by atoms with Crippen molar-refractivity contribution < 1.29 is 20.1 Å². The zero-order chi connectivity index (χ0) is 30.9. The molecule has 0 radical (unpaired) electrons. The van der Waals surface area contributed by atoms with Gasteiger partial charge < -0.3 is 20.6 Å². The number of aliphatic hydroxyl groups is 3. The molecule has 0 saturated carbocycles. The molecule has 1 amide bonds. The van der Waals surface area contributed by atoms with E-state index in [1.807, 2.05) is 6.08 Å².